The molecule has 3 aromatic carbocycles. The molecule has 37 heavy (non-hydrogen) atoms. The van der Waals surface area contributed by atoms with E-state index in [1.807, 2.05) is 60.9 Å². The highest BCUT2D eigenvalue weighted by Crippen LogP contribution is 2.46. The molecule has 0 saturated heterocycles. The van der Waals surface area contributed by atoms with Crippen molar-refractivity contribution in [3.05, 3.63) is 118 Å². The van der Waals surface area contributed by atoms with Gasteiger partial charge in [0.2, 0.25) is 0 Å². The van der Waals surface area contributed by atoms with Crippen LogP contribution in [0.1, 0.15) is 42.7 Å². The molecule has 5 rings (SSSR count). The zero-order valence-electron chi connectivity index (χ0n) is 20.5. The topological polar surface area (TPSA) is 58.2 Å². The molecular formula is C30H26F2N2O2S. The minimum absolute atomic E-state index is 0.0210. The van der Waals surface area contributed by atoms with E-state index in [1.165, 1.54) is 6.07 Å². The van der Waals surface area contributed by atoms with Gasteiger partial charge < -0.3 is 10.6 Å². The number of halogens is 2. The molecule has 7 heteroatoms. The van der Waals surface area contributed by atoms with Crippen LogP contribution in [0.4, 0.5) is 14.5 Å². The van der Waals surface area contributed by atoms with Gasteiger partial charge in [0.15, 0.2) is 5.78 Å². The lowest BCUT2D eigenvalue weighted by molar-refractivity contribution is -0.116. The van der Waals surface area contributed by atoms with Gasteiger partial charge in [-0.1, -0.05) is 42.5 Å². The summed E-state index contributed by atoms with van der Waals surface area (Å²) in [5, 5.41) is 5.92. The number of dihydropyridines is 1. The number of nitrogens with one attached hydrogen (secondary N) is 2. The average molecular weight is 517 g/mol. The Balaban J connectivity index is 1.56. The Labute approximate surface area is 218 Å². The Morgan fingerprint density at radius 1 is 0.973 bits per heavy atom. The quantitative estimate of drug-likeness (QED) is 0.371. The molecule has 0 aromatic heterocycles. The molecule has 0 radical (unpaired) electrons. The number of benzene rings is 3. The molecule has 2 atom stereocenters. The van der Waals surface area contributed by atoms with Crippen LogP contribution in [0.25, 0.3) is 0 Å². The molecule has 2 N–H and O–H groups in total. The van der Waals surface area contributed by atoms with E-state index in [0.29, 0.717) is 29.7 Å². The predicted molar refractivity (Wildman–Crippen MR) is 142 cm³/mol. The van der Waals surface area contributed by atoms with Gasteiger partial charge in [0.25, 0.3) is 5.91 Å². The fourth-order valence-corrected chi connectivity index (χ4v) is 5.62. The maximum atomic E-state index is 14.4. The zero-order chi connectivity index (χ0) is 26.1. The van der Waals surface area contributed by atoms with Crippen LogP contribution < -0.4 is 10.6 Å². The van der Waals surface area contributed by atoms with Crippen molar-refractivity contribution in [2.45, 2.75) is 36.5 Å². The van der Waals surface area contributed by atoms with Gasteiger partial charge >= 0.3 is 0 Å². The first-order valence-corrected chi connectivity index (χ1v) is 13.3. The fraction of sp³-hybridized carbons (Fsp3) is 0.200. The van der Waals surface area contributed by atoms with Crippen LogP contribution in [0.15, 0.2) is 100 Å². The molecule has 0 unspecified atom stereocenters. The van der Waals surface area contributed by atoms with E-state index in [9.17, 15) is 18.4 Å². The minimum atomic E-state index is -0.865. The molecule has 0 bridgehead atoms. The highest BCUT2D eigenvalue weighted by molar-refractivity contribution is 7.98. The minimum Gasteiger partial charge on any atom is -0.362 e. The first kappa shape index (κ1) is 25.0. The van der Waals surface area contributed by atoms with Gasteiger partial charge in [0.05, 0.1) is 5.69 Å². The van der Waals surface area contributed by atoms with Crippen LogP contribution >= 0.6 is 11.8 Å². The van der Waals surface area contributed by atoms with Gasteiger partial charge in [-0.2, -0.15) is 0 Å². The standard InChI is InChI=1S/C30H26F2N2O2S/c1-17-27(30(36)34-24-13-10-21(31)16-23(24)32)28(19-8-11-22(37-2)12-9-19)29-25(33-17)14-20(15-26(29)35)18-6-4-3-5-7-18/h3-13,16,20,28,33H,14-15H2,1-2H3,(H,34,36)/t20-,28+/m1/s1. The van der Waals surface area contributed by atoms with Gasteiger partial charge in [-0.25, -0.2) is 8.78 Å². The first-order valence-electron chi connectivity index (χ1n) is 12.0. The third kappa shape index (κ3) is 4.96. The summed E-state index contributed by atoms with van der Waals surface area (Å²) in [6, 6.07) is 20.8. The highest BCUT2D eigenvalue weighted by Gasteiger charge is 2.41. The molecule has 188 valence electrons. The summed E-state index contributed by atoms with van der Waals surface area (Å²) in [5.74, 6) is -2.73. The van der Waals surface area contributed by atoms with Crippen molar-refractivity contribution in [1.29, 1.82) is 0 Å². The lowest BCUT2D eigenvalue weighted by atomic mass is 9.71. The smallest absolute Gasteiger partial charge is 0.254 e. The number of thioether (sulfide) groups is 1. The molecule has 1 aliphatic heterocycles. The molecule has 0 saturated carbocycles. The number of hydrogen-bond donors (Lipinski definition) is 2. The Morgan fingerprint density at radius 3 is 2.38 bits per heavy atom. The summed E-state index contributed by atoms with van der Waals surface area (Å²) in [6.45, 7) is 1.79. The number of allylic oxidation sites excluding steroid dienone is 3. The summed E-state index contributed by atoms with van der Waals surface area (Å²) in [7, 11) is 0. The molecule has 4 nitrogen and oxygen atoms in total. The Hall–Kier alpha value is -3.71. The number of carbonyl (C=O) groups is 2. The summed E-state index contributed by atoms with van der Waals surface area (Å²) in [4.78, 5) is 28.3. The fourth-order valence-electron chi connectivity index (χ4n) is 5.21. The molecule has 0 spiro atoms. The molecule has 1 aliphatic carbocycles. The van der Waals surface area contributed by atoms with Gasteiger partial charge in [0.1, 0.15) is 11.6 Å². The number of Topliss-reactive ketones (excluding diaryl/α,β-unsaturated/α-hetero) is 1. The summed E-state index contributed by atoms with van der Waals surface area (Å²) in [6.07, 6.45) is 2.96. The van der Waals surface area contributed by atoms with Crippen molar-refractivity contribution in [1.82, 2.24) is 5.32 Å². The van der Waals surface area contributed by atoms with E-state index in [-0.39, 0.29) is 17.4 Å². The van der Waals surface area contributed by atoms with Crippen molar-refractivity contribution in [2.75, 3.05) is 11.6 Å². The van der Waals surface area contributed by atoms with E-state index in [4.69, 9.17) is 0 Å². The van der Waals surface area contributed by atoms with Crippen LogP contribution in [-0.2, 0) is 9.59 Å². The van der Waals surface area contributed by atoms with Crippen LogP contribution in [0.2, 0.25) is 0 Å². The van der Waals surface area contributed by atoms with E-state index in [0.717, 1.165) is 33.9 Å². The van der Waals surface area contributed by atoms with E-state index in [1.54, 1.807) is 18.7 Å². The van der Waals surface area contributed by atoms with Gasteiger partial charge in [0, 0.05) is 45.8 Å². The van der Waals surface area contributed by atoms with Crippen molar-refractivity contribution in [3.8, 4) is 0 Å². The van der Waals surface area contributed by atoms with Crippen LogP contribution in [0.5, 0.6) is 0 Å². The lowest BCUT2D eigenvalue weighted by Gasteiger charge is -2.37. The lowest BCUT2D eigenvalue weighted by Crippen LogP contribution is -2.37. The van der Waals surface area contributed by atoms with Crippen molar-refractivity contribution in [3.63, 3.8) is 0 Å². The average Bonchev–Trinajstić information content (AvgIpc) is 2.90. The summed E-state index contributed by atoms with van der Waals surface area (Å²) in [5.41, 5.74) is 4.10. The number of rotatable bonds is 5. The first-order chi connectivity index (χ1) is 17.9. The SMILES string of the molecule is CSc1ccc([C@H]2C(C(=O)Nc3ccc(F)cc3F)=C(C)NC3=C2C(=O)C[C@H](c2ccccc2)C3)cc1. The molecular weight excluding hydrogens is 490 g/mol. The third-order valence-corrected chi connectivity index (χ3v) is 7.72. The van der Waals surface area contributed by atoms with Crippen LogP contribution in [0.3, 0.4) is 0 Å². The van der Waals surface area contributed by atoms with Crippen molar-refractivity contribution >= 4 is 29.1 Å². The van der Waals surface area contributed by atoms with E-state index < -0.39 is 23.5 Å². The number of anilines is 1. The Morgan fingerprint density at radius 2 is 1.70 bits per heavy atom. The third-order valence-electron chi connectivity index (χ3n) is 6.97. The molecule has 1 heterocycles. The maximum Gasteiger partial charge on any atom is 0.254 e. The summed E-state index contributed by atoms with van der Waals surface area (Å²) < 4.78 is 27.8. The van der Waals surface area contributed by atoms with Crippen molar-refractivity contribution < 1.29 is 18.4 Å². The number of amides is 1. The van der Waals surface area contributed by atoms with E-state index >= 15 is 0 Å². The molecule has 3 aromatic rings. The second kappa shape index (κ2) is 10.3. The Bertz CT molecular complexity index is 1430. The second-order valence-electron chi connectivity index (χ2n) is 9.28. The number of carbonyl (C=O) groups excluding carboxylic acids is 2. The van der Waals surface area contributed by atoms with Crippen molar-refractivity contribution in [2.24, 2.45) is 0 Å². The van der Waals surface area contributed by atoms with Gasteiger partial charge in [-0.05, 0) is 60.9 Å². The van der Waals surface area contributed by atoms with Crippen LogP contribution in [0, 0.1) is 11.6 Å². The summed E-state index contributed by atoms with van der Waals surface area (Å²) >= 11 is 1.60. The predicted octanol–water partition coefficient (Wildman–Crippen LogP) is 6.69. The monoisotopic (exact) mass is 516 g/mol. The molecule has 2 aliphatic rings. The highest BCUT2D eigenvalue weighted by atomic mass is 32.2. The molecule has 0 fully saturated rings. The van der Waals surface area contributed by atoms with Gasteiger partial charge in [-0.15, -0.1) is 11.8 Å². The van der Waals surface area contributed by atoms with E-state index in [2.05, 4.69) is 10.6 Å². The normalized spacial score (nSPS) is 19.4. The second-order valence-corrected chi connectivity index (χ2v) is 10.2. The van der Waals surface area contributed by atoms with Gasteiger partial charge in [-0.3, -0.25) is 9.59 Å². The maximum absolute atomic E-state index is 14.4. The number of hydrogen-bond acceptors (Lipinski definition) is 4. The zero-order valence-corrected chi connectivity index (χ0v) is 21.3. The van der Waals surface area contributed by atoms with Crippen LogP contribution in [-0.4, -0.2) is 17.9 Å². The Kier molecular flexibility index (Phi) is 6.98. The molecule has 1 amide bonds. The number of ketones is 1. The largest absolute Gasteiger partial charge is 0.362 e.